The van der Waals surface area contributed by atoms with Crippen LogP contribution < -0.4 is 5.32 Å². The first-order valence-electron chi connectivity index (χ1n) is 6.15. The van der Waals surface area contributed by atoms with Crippen LogP contribution in [0, 0.1) is 0 Å². The smallest absolute Gasteiger partial charge is 0.358 e. The molecular weight excluding hydrogens is 294 g/mol. The van der Waals surface area contributed by atoms with Crippen molar-refractivity contribution in [2.24, 2.45) is 0 Å². The van der Waals surface area contributed by atoms with E-state index in [2.05, 4.69) is 15.3 Å². The Balaban J connectivity index is 2.00. The van der Waals surface area contributed by atoms with Crippen LogP contribution in [-0.2, 0) is 11.2 Å². The third-order valence-corrected chi connectivity index (χ3v) is 3.11. The van der Waals surface area contributed by atoms with Gasteiger partial charge in [-0.1, -0.05) is 29.8 Å². The zero-order valence-corrected chi connectivity index (χ0v) is 11.7. The third-order valence-electron chi connectivity index (χ3n) is 2.74. The molecule has 0 saturated heterocycles. The van der Waals surface area contributed by atoms with E-state index in [0.717, 1.165) is 5.56 Å². The van der Waals surface area contributed by atoms with Gasteiger partial charge in [-0.3, -0.25) is 4.79 Å². The molecule has 2 rings (SSSR count). The number of amides is 1. The van der Waals surface area contributed by atoms with Gasteiger partial charge in [-0.25, -0.2) is 14.8 Å². The zero-order valence-electron chi connectivity index (χ0n) is 10.9. The van der Waals surface area contributed by atoms with Gasteiger partial charge in [0.05, 0.1) is 0 Å². The maximum Gasteiger partial charge on any atom is 0.358 e. The van der Waals surface area contributed by atoms with E-state index in [4.69, 9.17) is 16.7 Å². The average Bonchev–Trinajstić information content (AvgIpc) is 2.47. The Morgan fingerprint density at radius 2 is 1.90 bits per heavy atom. The van der Waals surface area contributed by atoms with Crippen LogP contribution in [0.25, 0.3) is 0 Å². The summed E-state index contributed by atoms with van der Waals surface area (Å²) in [5.41, 5.74) is 0.565. The van der Waals surface area contributed by atoms with E-state index in [0.29, 0.717) is 11.4 Å². The molecule has 1 amide bonds. The molecule has 0 spiro atoms. The van der Waals surface area contributed by atoms with E-state index in [1.807, 2.05) is 18.2 Å². The van der Waals surface area contributed by atoms with Crippen LogP contribution in [-0.4, -0.2) is 27.0 Å². The fraction of sp³-hybridized carbons (Fsp3) is 0.143. The summed E-state index contributed by atoms with van der Waals surface area (Å²) in [6.07, 6.45) is 3.19. The maximum atomic E-state index is 11.9. The van der Waals surface area contributed by atoms with Crippen LogP contribution >= 0.6 is 11.6 Å². The van der Waals surface area contributed by atoms with Crippen molar-refractivity contribution in [3.05, 3.63) is 52.9 Å². The van der Waals surface area contributed by atoms with Crippen molar-refractivity contribution in [3.8, 4) is 0 Å². The van der Waals surface area contributed by atoms with Gasteiger partial charge in [0.25, 0.3) is 0 Å². The Labute approximate surface area is 125 Å². The summed E-state index contributed by atoms with van der Waals surface area (Å²) in [4.78, 5) is 30.3. The van der Waals surface area contributed by atoms with Crippen molar-refractivity contribution in [1.29, 1.82) is 0 Å². The fourth-order valence-corrected chi connectivity index (χ4v) is 1.96. The molecule has 21 heavy (non-hydrogen) atoms. The largest absolute Gasteiger partial charge is 0.476 e. The van der Waals surface area contributed by atoms with Gasteiger partial charge >= 0.3 is 5.97 Å². The Morgan fingerprint density at radius 3 is 2.62 bits per heavy atom. The summed E-state index contributed by atoms with van der Waals surface area (Å²) < 4.78 is 0. The molecule has 0 aliphatic carbocycles. The predicted molar refractivity (Wildman–Crippen MR) is 77.4 cm³/mol. The van der Waals surface area contributed by atoms with Crippen LogP contribution in [0.5, 0.6) is 0 Å². The number of carbonyl (C=O) groups excluding carboxylic acids is 1. The topological polar surface area (TPSA) is 92.2 Å². The van der Waals surface area contributed by atoms with Crippen molar-refractivity contribution in [3.63, 3.8) is 0 Å². The number of nitrogens with zero attached hydrogens (tertiary/aromatic N) is 2. The number of aromatic carboxylic acids is 1. The van der Waals surface area contributed by atoms with Crippen molar-refractivity contribution < 1.29 is 14.7 Å². The number of hydrogen-bond donors (Lipinski definition) is 2. The summed E-state index contributed by atoms with van der Waals surface area (Å²) >= 11 is 6.00. The van der Waals surface area contributed by atoms with Crippen LogP contribution in [0.15, 0.2) is 36.7 Å². The summed E-state index contributed by atoms with van der Waals surface area (Å²) in [6, 6.07) is 7.23. The van der Waals surface area contributed by atoms with Gasteiger partial charge in [-0.05, 0) is 18.1 Å². The minimum Gasteiger partial charge on any atom is -0.476 e. The minimum atomic E-state index is -1.25. The van der Waals surface area contributed by atoms with Crippen LogP contribution in [0.2, 0.25) is 5.02 Å². The molecule has 0 unspecified atom stereocenters. The van der Waals surface area contributed by atoms with Gasteiger partial charge in [-0.15, -0.1) is 0 Å². The van der Waals surface area contributed by atoms with E-state index in [-0.39, 0.29) is 23.8 Å². The van der Waals surface area contributed by atoms with Crippen molar-refractivity contribution in [2.75, 3.05) is 5.32 Å². The lowest BCUT2D eigenvalue weighted by molar-refractivity contribution is -0.116. The molecular formula is C14H12ClN3O3. The fourth-order valence-electron chi connectivity index (χ4n) is 1.73. The number of benzene rings is 1. The number of carboxylic acid groups (broad SMARTS) is 1. The average molecular weight is 306 g/mol. The number of nitrogens with one attached hydrogen (secondary N) is 1. The first kappa shape index (κ1) is 14.9. The Bertz CT molecular complexity index is 676. The second-order valence-corrected chi connectivity index (χ2v) is 4.61. The molecule has 0 aliphatic rings. The molecule has 0 bridgehead atoms. The molecule has 108 valence electrons. The van der Waals surface area contributed by atoms with Crippen LogP contribution in [0.4, 0.5) is 5.82 Å². The first-order chi connectivity index (χ1) is 10.1. The summed E-state index contributed by atoms with van der Waals surface area (Å²) in [5, 5.41) is 12.0. The van der Waals surface area contributed by atoms with Gasteiger partial charge in [0.1, 0.15) is 0 Å². The molecule has 0 radical (unpaired) electrons. The highest BCUT2D eigenvalue weighted by atomic mass is 35.5. The number of rotatable bonds is 5. The van der Waals surface area contributed by atoms with Crippen LogP contribution in [0.1, 0.15) is 22.5 Å². The van der Waals surface area contributed by atoms with E-state index in [9.17, 15) is 9.59 Å². The monoisotopic (exact) mass is 305 g/mol. The number of hydrogen-bond acceptors (Lipinski definition) is 4. The normalized spacial score (nSPS) is 10.1. The Kier molecular flexibility index (Phi) is 4.84. The van der Waals surface area contributed by atoms with Gasteiger partial charge < -0.3 is 10.4 Å². The molecule has 6 nitrogen and oxygen atoms in total. The second kappa shape index (κ2) is 6.81. The lowest BCUT2D eigenvalue weighted by Gasteiger charge is -2.07. The third kappa shape index (κ3) is 4.00. The quantitative estimate of drug-likeness (QED) is 0.885. The molecule has 0 atom stereocenters. The highest BCUT2D eigenvalue weighted by molar-refractivity contribution is 6.31. The lowest BCUT2D eigenvalue weighted by Crippen LogP contribution is -2.17. The molecule has 0 fully saturated rings. The van der Waals surface area contributed by atoms with Gasteiger partial charge in [0.15, 0.2) is 11.5 Å². The van der Waals surface area contributed by atoms with E-state index in [1.54, 1.807) is 6.07 Å². The molecule has 1 aromatic heterocycles. The molecule has 0 aliphatic heterocycles. The number of carboxylic acids is 1. The number of carbonyl (C=O) groups is 2. The second-order valence-electron chi connectivity index (χ2n) is 4.20. The van der Waals surface area contributed by atoms with E-state index < -0.39 is 5.97 Å². The lowest BCUT2D eigenvalue weighted by atomic mass is 10.1. The molecule has 1 heterocycles. The van der Waals surface area contributed by atoms with Crippen LogP contribution in [0.3, 0.4) is 0 Å². The van der Waals surface area contributed by atoms with E-state index in [1.165, 1.54) is 12.4 Å². The first-order valence-corrected chi connectivity index (χ1v) is 6.53. The van der Waals surface area contributed by atoms with Crippen molar-refractivity contribution in [1.82, 2.24) is 9.97 Å². The highest BCUT2D eigenvalue weighted by Gasteiger charge is 2.15. The summed E-state index contributed by atoms with van der Waals surface area (Å²) in [6.45, 7) is 0. The molecule has 2 aromatic rings. The highest BCUT2D eigenvalue weighted by Crippen LogP contribution is 2.17. The summed E-state index contributed by atoms with van der Waals surface area (Å²) in [7, 11) is 0. The Hall–Kier alpha value is -2.47. The number of anilines is 1. The summed E-state index contributed by atoms with van der Waals surface area (Å²) in [5.74, 6) is -1.66. The standard InChI is InChI=1S/C14H12ClN3O3/c15-10-4-2-1-3-9(10)5-6-11(19)18-13-12(14(20)21)16-7-8-17-13/h1-4,7-8H,5-6H2,(H,20,21)(H,17,18,19). The predicted octanol–water partition coefficient (Wildman–Crippen LogP) is 2.40. The van der Waals surface area contributed by atoms with Crippen molar-refractivity contribution in [2.45, 2.75) is 12.8 Å². The molecule has 1 aromatic carbocycles. The van der Waals surface area contributed by atoms with Crippen molar-refractivity contribution >= 4 is 29.3 Å². The molecule has 2 N–H and O–H groups in total. The molecule has 0 saturated carbocycles. The van der Waals surface area contributed by atoms with Gasteiger partial charge in [-0.2, -0.15) is 0 Å². The maximum absolute atomic E-state index is 11.9. The number of aryl methyl sites for hydroxylation is 1. The number of halogens is 1. The SMILES string of the molecule is O=C(CCc1ccccc1Cl)Nc1nccnc1C(=O)O. The van der Waals surface area contributed by atoms with Gasteiger partial charge in [0.2, 0.25) is 5.91 Å². The number of aromatic nitrogens is 2. The minimum absolute atomic E-state index is 0.0610. The Morgan fingerprint density at radius 1 is 1.19 bits per heavy atom. The van der Waals surface area contributed by atoms with Gasteiger partial charge in [0, 0.05) is 23.8 Å². The zero-order chi connectivity index (χ0) is 15.2. The molecule has 7 heteroatoms. The van der Waals surface area contributed by atoms with E-state index >= 15 is 0 Å².